The van der Waals surface area contributed by atoms with E-state index in [-0.39, 0.29) is 28.8 Å². The van der Waals surface area contributed by atoms with Crippen LogP contribution in [0.5, 0.6) is 0 Å². The van der Waals surface area contributed by atoms with E-state index in [2.05, 4.69) is 13.8 Å². The summed E-state index contributed by atoms with van der Waals surface area (Å²) >= 11 is 1.39. The summed E-state index contributed by atoms with van der Waals surface area (Å²) in [5, 5.41) is 0.865. The number of nitrogens with zero attached hydrogens (tertiary/aromatic N) is 3. The molecule has 2 heterocycles. The summed E-state index contributed by atoms with van der Waals surface area (Å²) in [6, 6.07) is 16.1. The number of hydrogen-bond acceptors (Lipinski definition) is 4. The van der Waals surface area contributed by atoms with E-state index in [0.717, 1.165) is 24.8 Å². The first kappa shape index (κ1) is 22.6. The van der Waals surface area contributed by atoms with Gasteiger partial charge in [0.25, 0.3) is 5.56 Å². The van der Waals surface area contributed by atoms with Gasteiger partial charge in [0.1, 0.15) is 0 Å². The van der Waals surface area contributed by atoms with Crippen LogP contribution in [-0.2, 0) is 11.3 Å². The van der Waals surface area contributed by atoms with Gasteiger partial charge in [-0.05, 0) is 64.7 Å². The Morgan fingerprint density at radius 1 is 1.09 bits per heavy atom. The van der Waals surface area contributed by atoms with Gasteiger partial charge in [0.2, 0.25) is 5.91 Å². The molecule has 0 N–H and O–H groups in total. The summed E-state index contributed by atoms with van der Waals surface area (Å²) in [5.41, 5.74) is 2.81. The van der Waals surface area contributed by atoms with Gasteiger partial charge < -0.3 is 4.90 Å². The fourth-order valence-electron chi connectivity index (χ4n) is 4.53. The second-order valence-corrected chi connectivity index (χ2v) is 10.2. The Kier molecular flexibility index (Phi) is 6.70. The number of para-hydroxylation sites is 1. The van der Waals surface area contributed by atoms with E-state index in [1.165, 1.54) is 17.3 Å². The Bertz CT molecular complexity index is 1160. The Morgan fingerprint density at radius 2 is 1.75 bits per heavy atom. The van der Waals surface area contributed by atoms with Crippen molar-refractivity contribution in [3.05, 3.63) is 70.0 Å². The van der Waals surface area contributed by atoms with Crippen LogP contribution in [0.3, 0.4) is 0 Å². The van der Waals surface area contributed by atoms with Crippen molar-refractivity contribution in [2.24, 2.45) is 0 Å². The molecule has 3 atom stereocenters. The molecule has 168 valence electrons. The predicted molar refractivity (Wildman–Crippen MR) is 131 cm³/mol. The number of fused-ring (bicyclic) bond motifs is 1. The summed E-state index contributed by atoms with van der Waals surface area (Å²) in [6.45, 7) is 8.67. The molecule has 0 saturated carbocycles. The molecule has 5 nitrogen and oxygen atoms in total. The van der Waals surface area contributed by atoms with Crippen LogP contribution < -0.4 is 5.56 Å². The van der Waals surface area contributed by atoms with Gasteiger partial charge in [-0.15, -0.1) is 0 Å². The maximum Gasteiger partial charge on any atom is 0.262 e. The minimum Gasteiger partial charge on any atom is -0.336 e. The number of rotatable bonds is 5. The molecule has 32 heavy (non-hydrogen) atoms. The molecule has 1 aliphatic rings. The van der Waals surface area contributed by atoms with Crippen molar-refractivity contribution in [2.45, 2.75) is 76.0 Å². The zero-order valence-corrected chi connectivity index (χ0v) is 20.1. The van der Waals surface area contributed by atoms with Crippen LogP contribution >= 0.6 is 11.8 Å². The quantitative estimate of drug-likeness (QED) is 0.405. The van der Waals surface area contributed by atoms with Gasteiger partial charge in [-0.25, -0.2) is 4.98 Å². The Balaban J connectivity index is 1.69. The first-order valence-electron chi connectivity index (χ1n) is 11.4. The highest BCUT2D eigenvalue weighted by Gasteiger charge is 2.32. The molecule has 0 aliphatic carbocycles. The van der Waals surface area contributed by atoms with Crippen molar-refractivity contribution < 1.29 is 4.79 Å². The van der Waals surface area contributed by atoms with Crippen LogP contribution in [0, 0.1) is 6.92 Å². The molecule has 1 aliphatic heterocycles. The van der Waals surface area contributed by atoms with E-state index in [0.29, 0.717) is 22.6 Å². The number of carbonyl (C=O) groups is 1. The molecular formula is C26H31N3O2S. The standard InChI is InChI=1S/C26H31N3O2S/c1-17-12-14-21(15-13-17)16-28-25(31)22-10-5-6-11-23(22)27-26(28)32-20(4)24(30)29-18(2)8-7-9-19(29)3/h5-6,10-15,18-20H,7-9,16H2,1-4H3/t18-,19-,20-/m1/s1. The van der Waals surface area contributed by atoms with Crippen LogP contribution in [0.1, 0.15) is 51.2 Å². The maximum absolute atomic E-state index is 13.4. The molecule has 1 fully saturated rings. The molecule has 0 spiro atoms. The number of aryl methyl sites for hydroxylation is 1. The predicted octanol–water partition coefficient (Wildman–Crippen LogP) is 5.02. The number of aromatic nitrogens is 2. The second kappa shape index (κ2) is 9.49. The highest BCUT2D eigenvalue weighted by atomic mass is 32.2. The van der Waals surface area contributed by atoms with Crippen LogP contribution in [0.2, 0.25) is 0 Å². The first-order chi connectivity index (χ1) is 15.3. The molecule has 3 aromatic rings. The van der Waals surface area contributed by atoms with Crippen LogP contribution in [0.4, 0.5) is 0 Å². The third kappa shape index (κ3) is 4.60. The minimum absolute atomic E-state index is 0.0713. The summed E-state index contributed by atoms with van der Waals surface area (Å²) < 4.78 is 1.71. The summed E-state index contributed by atoms with van der Waals surface area (Å²) in [5.74, 6) is 0.124. The topological polar surface area (TPSA) is 55.2 Å². The Labute approximate surface area is 193 Å². The van der Waals surface area contributed by atoms with E-state index in [4.69, 9.17) is 4.98 Å². The molecule has 1 saturated heterocycles. The van der Waals surface area contributed by atoms with Crippen LogP contribution in [-0.4, -0.2) is 37.7 Å². The largest absolute Gasteiger partial charge is 0.336 e. The molecule has 4 rings (SSSR count). The van der Waals surface area contributed by atoms with Crippen molar-refractivity contribution in [3.8, 4) is 0 Å². The monoisotopic (exact) mass is 449 g/mol. The van der Waals surface area contributed by atoms with E-state index in [1.807, 2.05) is 67.3 Å². The average molecular weight is 450 g/mol. The molecule has 1 amide bonds. The molecule has 1 aromatic heterocycles. The number of likely N-dealkylation sites (tertiary alicyclic amines) is 1. The van der Waals surface area contributed by atoms with E-state index >= 15 is 0 Å². The number of amides is 1. The van der Waals surface area contributed by atoms with Crippen molar-refractivity contribution in [1.29, 1.82) is 0 Å². The molecule has 0 unspecified atom stereocenters. The molecular weight excluding hydrogens is 418 g/mol. The van der Waals surface area contributed by atoms with Gasteiger partial charge >= 0.3 is 0 Å². The zero-order chi connectivity index (χ0) is 22.8. The summed E-state index contributed by atoms with van der Waals surface area (Å²) in [4.78, 5) is 33.6. The van der Waals surface area contributed by atoms with Gasteiger partial charge in [0.15, 0.2) is 5.16 Å². The number of thioether (sulfide) groups is 1. The Hall–Kier alpha value is -2.60. The lowest BCUT2D eigenvalue weighted by atomic mass is 9.97. The summed E-state index contributed by atoms with van der Waals surface area (Å²) in [7, 11) is 0. The lowest BCUT2D eigenvalue weighted by molar-refractivity contribution is -0.136. The number of carbonyl (C=O) groups excluding carboxylic acids is 1. The fraction of sp³-hybridized carbons (Fsp3) is 0.423. The van der Waals surface area contributed by atoms with Crippen molar-refractivity contribution in [3.63, 3.8) is 0 Å². The van der Waals surface area contributed by atoms with Gasteiger partial charge in [0.05, 0.1) is 22.7 Å². The van der Waals surface area contributed by atoms with Crippen LogP contribution in [0.15, 0.2) is 58.5 Å². The lowest BCUT2D eigenvalue weighted by Crippen LogP contribution is -2.50. The number of piperidine rings is 1. The minimum atomic E-state index is -0.324. The molecule has 2 aromatic carbocycles. The summed E-state index contributed by atoms with van der Waals surface area (Å²) in [6.07, 6.45) is 3.25. The van der Waals surface area contributed by atoms with E-state index < -0.39 is 0 Å². The third-order valence-electron chi connectivity index (χ3n) is 6.37. The second-order valence-electron chi connectivity index (χ2n) is 8.92. The smallest absolute Gasteiger partial charge is 0.262 e. The average Bonchev–Trinajstić information content (AvgIpc) is 2.77. The highest BCUT2D eigenvalue weighted by molar-refractivity contribution is 8.00. The van der Waals surface area contributed by atoms with E-state index in [9.17, 15) is 9.59 Å². The number of benzene rings is 2. The van der Waals surface area contributed by atoms with Crippen molar-refractivity contribution in [1.82, 2.24) is 14.5 Å². The van der Waals surface area contributed by atoms with Gasteiger partial charge in [-0.1, -0.05) is 53.7 Å². The normalized spacial score (nSPS) is 19.8. The van der Waals surface area contributed by atoms with Crippen molar-refractivity contribution in [2.75, 3.05) is 0 Å². The molecule has 0 radical (unpaired) electrons. The van der Waals surface area contributed by atoms with Crippen molar-refractivity contribution >= 4 is 28.6 Å². The lowest BCUT2D eigenvalue weighted by Gasteiger charge is -2.40. The van der Waals surface area contributed by atoms with Gasteiger partial charge in [-0.2, -0.15) is 0 Å². The maximum atomic E-state index is 13.4. The molecule has 0 bridgehead atoms. The third-order valence-corrected chi connectivity index (χ3v) is 7.44. The van der Waals surface area contributed by atoms with Crippen LogP contribution in [0.25, 0.3) is 10.9 Å². The molecule has 6 heteroatoms. The highest BCUT2D eigenvalue weighted by Crippen LogP contribution is 2.29. The zero-order valence-electron chi connectivity index (χ0n) is 19.2. The van der Waals surface area contributed by atoms with Gasteiger partial charge in [-0.3, -0.25) is 14.2 Å². The fourth-order valence-corrected chi connectivity index (χ4v) is 5.49. The Morgan fingerprint density at radius 3 is 2.44 bits per heavy atom. The van der Waals surface area contributed by atoms with Gasteiger partial charge in [0, 0.05) is 12.1 Å². The van der Waals surface area contributed by atoms with E-state index in [1.54, 1.807) is 4.57 Å². The SMILES string of the molecule is Cc1ccc(Cn2c(S[C@H](C)C(=O)N3[C@H](C)CCC[C@H]3C)nc3ccccc3c2=O)cc1. The number of hydrogen-bond donors (Lipinski definition) is 0. The first-order valence-corrected chi connectivity index (χ1v) is 12.3.